The van der Waals surface area contributed by atoms with Gasteiger partial charge in [-0.25, -0.2) is 23.1 Å². The van der Waals surface area contributed by atoms with Crippen LogP contribution in [0.4, 0.5) is 5.95 Å². The fourth-order valence-corrected chi connectivity index (χ4v) is 3.34. The first-order valence-corrected chi connectivity index (χ1v) is 8.81. The molecule has 1 aliphatic rings. The Balaban J connectivity index is 1.94. The average Bonchev–Trinajstić information content (AvgIpc) is 3.00. The highest BCUT2D eigenvalue weighted by molar-refractivity contribution is 7.89. The summed E-state index contributed by atoms with van der Waals surface area (Å²) in [5, 5.41) is 2.93. The highest BCUT2D eigenvalue weighted by Crippen LogP contribution is 2.12. The third-order valence-electron chi connectivity index (χ3n) is 3.61. The van der Waals surface area contributed by atoms with Crippen LogP contribution in [0.3, 0.4) is 0 Å². The Hall–Kier alpha value is -1.25. The second-order valence-electron chi connectivity index (χ2n) is 5.22. The minimum atomic E-state index is -3.55. The zero-order valence-electron chi connectivity index (χ0n) is 12.5. The zero-order valence-corrected chi connectivity index (χ0v) is 13.4. The molecule has 2 N–H and O–H groups in total. The number of aromatic nitrogens is 2. The smallest absolute Gasteiger partial charge is 0.243 e. The molecule has 2 heterocycles. The summed E-state index contributed by atoms with van der Waals surface area (Å²) in [5.41, 5.74) is 0. The number of nitrogens with zero attached hydrogens (tertiary/aromatic N) is 3. The van der Waals surface area contributed by atoms with Crippen LogP contribution in [0.15, 0.2) is 17.3 Å². The Bertz CT molecular complexity index is 540. The molecule has 1 atom stereocenters. The van der Waals surface area contributed by atoms with Gasteiger partial charge in [0.15, 0.2) is 0 Å². The monoisotopic (exact) mass is 313 g/mol. The maximum Gasteiger partial charge on any atom is 0.243 e. The summed E-state index contributed by atoms with van der Waals surface area (Å²) >= 11 is 0. The van der Waals surface area contributed by atoms with Crippen LogP contribution in [-0.4, -0.2) is 55.5 Å². The van der Waals surface area contributed by atoms with Crippen LogP contribution in [0.5, 0.6) is 0 Å². The van der Waals surface area contributed by atoms with Crippen LogP contribution in [0.25, 0.3) is 0 Å². The maximum absolute atomic E-state index is 12.2. The largest absolute Gasteiger partial charge is 0.355 e. The molecule has 21 heavy (non-hydrogen) atoms. The molecule has 7 nitrogen and oxygen atoms in total. The summed E-state index contributed by atoms with van der Waals surface area (Å²) in [6, 6.07) is 0.198. The number of likely N-dealkylation sites (tertiary alicyclic amines) is 1. The Kier molecular flexibility index (Phi) is 5.49. The third-order valence-corrected chi connectivity index (χ3v) is 4.98. The summed E-state index contributed by atoms with van der Waals surface area (Å²) in [5.74, 6) is 0.432. The minimum Gasteiger partial charge on any atom is -0.355 e. The molecule has 0 spiro atoms. The van der Waals surface area contributed by atoms with E-state index in [1.54, 1.807) is 0 Å². The van der Waals surface area contributed by atoms with Crippen LogP contribution in [0.1, 0.15) is 26.7 Å². The fourth-order valence-electron chi connectivity index (χ4n) is 2.33. The quantitative estimate of drug-likeness (QED) is 0.769. The van der Waals surface area contributed by atoms with Crippen molar-refractivity contribution in [1.29, 1.82) is 0 Å². The third kappa shape index (κ3) is 4.36. The molecule has 8 heteroatoms. The zero-order chi connectivity index (χ0) is 15.3. The number of rotatable bonds is 7. The van der Waals surface area contributed by atoms with Gasteiger partial charge in [-0.2, -0.15) is 0 Å². The summed E-state index contributed by atoms with van der Waals surface area (Å²) in [6.07, 6.45) is 5.04. The van der Waals surface area contributed by atoms with Crippen LogP contribution in [-0.2, 0) is 10.0 Å². The van der Waals surface area contributed by atoms with Crippen molar-refractivity contribution >= 4 is 16.0 Å². The van der Waals surface area contributed by atoms with Gasteiger partial charge in [-0.1, -0.05) is 0 Å². The fraction of sp³-hybridized carbons (Fsp3) is 0.692. The van der Waals surface area contributed by atoms with Crippen molar-refractivity contribution in [3.8, 4) is 0 Å². The molecule has 0 saturated carbocycles. The molecule has 0 radical (unpaired) electrons. The molecule has 1 aromatic rings. The van der Waals surface area contributed by atoms with E-state index in [0.717, 1.165) is 13.1 Å². The first kappa shape index (κ1) is 16.1. The van der Waals surface area contributed by atoms with E-state index in [2.05, 4.69) is 24.9 Å². The molecule has 1 aliphatic heterocycles. The summed E-state index contributed by atoms with van der Waals surface area (Å²) in [7, 11) is -3.55. The van der Waals surface area contributed by atoms with Crippen LogP contribution in [0.2, 0.25) is 0 Å². The summed E-state index contributed by atoms with van der Waals surface area (Å²) in [4.78, 5) is 10.4. The van der Waals surface area contributed by atoms with Crippen molar-refractivity contribution in [3.05, 3.63) is 12.4 Å². The van der Waals surface area contributed by atoms with Gasteiger partial charge < -0.3 is 5.32 Å². The molecule has 2 rings (SSSR count). The molecular weight excluding hydrogens is 290 g/mol. The topological polar surface area (TPSA) is 87.2 Å². The minimum absolute atomic E-state index is 0.0952. The van der Waals surface area contributed by atoms with Crippen molar-refractivity contribution in [1.82, 2.24) is 19.6 Å². The predicted molar refractivity (Wildman–Crippen MR) is 81.7 cm³/mol. The van der Waals surface area contributed by atoms with Crippen molar-refractivity contribution in [3.63, 3.8) is 0 Å². The Morgan fingerprint density at radius 1 is 1.29 bits per heavy atom. The highest BCUT2D eigenvalue weighted by Gasteiger charge is 2.21. The molecular formula is C13H23N5O2S. The number of anilines is 1. The normalized spacial score (nSPS) is 17.8. The second kappa shape index (κ2) is 7.15. The van der Waals surface area contributed by atoms with Gasteiger partial charge in [-0.3, -0.25) is 4.90 Å². The van der Waals surface area contributed by atoms with E-state index in [-0.39, 0.29) is 10.9 Å². The van der Waals surface area contributed by atoms with Crippen molar-refractivity contribution < 1.29 is 8.42 Å². The molecule has 0 bridgehead atoms. The lowest BCUT2D eigenvalue weighted by Gasteiger charge is -2.23. The van der Waals surface area contributed by atoms with E-state index in [1.165, 1.54) is 25.2 Å². The van der Waals surface area contributed by atoms with Crippen molar-refractivity contribution in [2.24, 2.45) is 0 Å². The molecule has 0 aromatic carbocycles. The predicted octanol–water partition coefficient (Wildman–Crippen LogP) is 0.671. The molecule has 1 aromatic heterocycles. The van der Waals surface area contributed by atoms with E-state index >= 15 is 0 Å². The van der Waals surface area contributed by atoms with Crippen molar-refractivity contribution in [2.75, 3.05) is 31.5 Å². The first-order valence-electron chi connectivity index (χ1n) is 7.32. The molecule has 0 amide bonds. The van der Waals surface area contributed by atoms with Crippen LogP contribution >= 0.6 is 0 Å². The average molecular weight is 313 g/mol. The first-order chi connectivity index (χ1) is 10.0. The van der Waals surface area contributed by atoms with Gasteiger partial charge in [0.05, 0.1) is 12.4 Å². The number of hydrogen-bond acceptors (Lipinski definition) is 6. The lowest BCUT2D eigenvalue weighted by molar-refractivity contribution is 0.260. The summed E-state index contributed by atoms with van der Waals surface area (Å²) in [6.45, 7) is 7.15. The van der Waals surface area contributed by atoms with E-state index in [0.29, 0.717) is 19.0 Å². The molecule has 118 valence electrons. The Morgan fingerprint density at radius 3 is 2.48 bits per heavy atom. The van der Waals surface area contributed by atoms with E-state index < -0.39 is 10.0 Å². The van der Waals surface area contributed by atoms with Crippen molar-refractivity contribution in [2.45, 2.75) is 37.6 Å². The van der Waals surface area contributed by atoms with Crippen LogP contribution in [0, 0.1) is 0 Å². The van der Waals surface area contributed by atoms with E-state index in [4.69, 9.17) is 0 Å². The highest BCUT2D eigenvalue weighted by atomic mass is 32.2. The van der Waals surface area contributed by atoms with Gasteiger partial charge in [-0.15, -0.1) is 0 Å². The SMILES string of the molecule is CCNc1ncc(S(=O)(=O)NCC(C)N2CCCC2)cn1. The van der Waals surface area contributed by atoms with Gasteiger partial charge in [0, 0.05) is 19.1 Å². The van der Waals surface area contributed by atoms with Gasteiger partial charge in [0.1, 0.15) is 4.90 Å². The molecule has 1 fully saturated rings. The van der Waals surface area contributed by atoms with Crippen LogP contribution < -0.4 is 10.0 Å². The molecule has 1 unspecified atom stereocenters. The molecule has 0 aliphatic carbocycles. The number of nitrogens with one attached hydrogen (secondary N) is 2. The Morgan fingerprint density at radius 2 is 1.90 bits per heavy atom. The van der Waals surface area contributed by atoms with Gasteiger partial charge >= 0.3 is 0 Å². The molecule has 1 saturated heterocycles. The lowest BCUT2D eigenvalue weighted by atomic mass is 10.3. The second-order valence-corrected chi connectivity index (χ2v) is 6.98. The van der Waals surface area contributed by atoms with Gasteiger partial charge in [0.2, 0.25) is 16.0 Å². The lowest BCUT2D eigenvalue weighted by Crippen LogP contribution is -2.40. The Labute approximate surface area is 126 Å². The van der Waals surface area contributed by atoms with Gasteiger partial charge in [0.25, 0.3) is 0 Å². The summed E-state index contributed by atoms with van der Waals surface area (Å²) < 4.78 is 27.0. The maximum atomic E-state index is 12.2. The number of hydrogen-bond donors (Lipinski definition) is 2. The van der Waals surface area contributed by atoms with E-state index in [9.17, 15) is 8.42 Å². The van der Waals surface area contributed by atoms with E-state index in [1.807, 2.05) is 13.8 Å². The number of sulfonamides is 1. The van der Waals surface area contributed by atoms with Gasteiger partial charge in [-0.05, 0) is 39.8 Å². The standard InChI is InChI=1S/C13H23N5O2S/c1-3-14-13-15-9-12(10-16-13)21(19,20)17-8-11(2)18-6-4-5-7-18/h9-11,17H,3-8H2,1-2H3,(H,14,15,16).